The summed E-state index contributed by atoms with van der Waals surface area (Å²) < 4.78 is 4.15. The van der Waals surface area contributed by atoms with Gasteiger partial charge in [-0.1, -0.05) is 12.8 Å². The Labute approximate surface area is 86.2 Å². The van der Waals surface area contributed by atoms with E-state index in [-0.39, 0.29) is 0 Å². The van der Waals surface area contributed by atoms with Gasteiger partial charge in [0.15, 0.2) is 0 Å². The van der Waals surface area contributed by atoms with Gasteiger partial charge in [0.1, 0.15) is 0 Å². The Morgan fingerprint density at radius 1 is 1.36 bits per heavy atom. The number of nitrogens with one attached hydrogen (secondary N) is 1. The molecule has 0 radical (unpaired) electrons. The summed E-state index contributed by atoms with van der Waals surface area (Å²) in [5, 5.41) is 3.56. The summed E-state index contributed by atoms with van der Waals surface area (Å²) >= 11 is 0. The fourth-order valence-electron chi connectivity index (χ4n) is 2.34. The van der Waals surface area contributed by atoms with Crippen LogP contribution >= 0.6 is 0 Å². The number of ether oxygens (including phenoxy) is 1. The van der Waals surface area contributed by atoms with E-state index in [9.17, 15) is 4.79 Å². The fraction of sp³-hybridized carbons (Fsp3) is 0.909. The highest BCUT2D eigenvalue weighted by Gasteiger charge is 2.28. The van der Waals surface area contributed by atoms with E-state index in [1.807, 2.05) is 0 Å². The summed E-state index contributed by atoms with van der Waals surface area (Å²) in [6.45, 7) is 3.95. The Balaban J connectivity index is 0.000000171. The van der Waals surface area contributed by atoms with Crippen LogP contribution in [0.15, 0.2) is 0 Å². The van der Waals surface area contributed by atoms with Crippen LogP contribution in [-0.2, 0) is 9.53 Å². The van der Waals surface area contributed by atoms with E-state index < -0.39 is 0 Å². The molecule has 1 saturated carbocycles. The van der Waals surface area contributed by atoms with E-state index >= 15 is 0 Å². The van der Waals surface area contributed by atoms with Crippen LogP contribution < -0.4 is 5.32 Å². The monoisotopic (exact) mass is 199 g/mol. The molecule has 14 heavy (non-hydrogen) atoms. The number of rotatable bonds is 2. The molecule has 1 heterocycles. The Morgan fingerprint density at radius 3 is 2.71 bits per heavy atom. The van der Waals surface area contributed by atoms with Gasteiger partial charge in [-0.3, -0.25) is 4.79 Å². The molecule has 2 aliphatic rings. The summed E-state index contributed by atoms with van der Waals surface area (Å²) in [7, 11) is 0. The topological polar surface area (TPSA) is 38.3 Å². The van der Waals surface area contributed by atoms with E-state index in [1.165, 1.54) is 38.6 Å². The first-order chi connectivity index (χ1) is 6.88. The van der Waals surface area contributed by atoms with Crippen molar-refractivity contribution in [2.45, 2.75) is 45.1 Å². The highest BCUT2D eigenvalue weighted by molar-refractivity contribution is 5.36. The quantitative estimate of drug-likeness (QED) is 0.688. The average molecular weight is 199 g/mol. The van der Waals surface area contributed by atoms with E-state index in [0.717, 1.165) is 12.0 Å². The second-order valence-electron chi connectivity index (χ2n) is 3.95. The van der Waals surface area contributed by atoms with E-state index in [1.54, 1.807) is 6.92 Å². The molecule has 3 heteroatoms. The number of hydrogen-bond donors (Lipinski definition) is 1. The zero-order valence-electron chi connectivity index (χ0n) is 9.00. The van der Waals surface area contributed by atoms with Crippen LogP contribution in [0.4, 0.5) is 0 Å². The maximum Gasteiger partial charge on any atom is 0.293 e. The summed E-state index contributed by atoms with van der Waals surface area (Å²) in [5.41, 5.74) is 0. The summed E-state index contributed by atoms with van der Waals surface area (Å²) in [5.74, 6) is 1.05. The molecule has 1 N–H and O–H groups in total. The molecule has 2 atom stereocenters. The minimum absolute atomic E-state index is 0.431. The van der Waals surface area contributed by atoms with Gasteiger partial charge in [-0.2, -0.15) is 0 Å². The molecule has 0 aromatic heterocycles. The van der Waals surface area contributed by atoms with Gasteiger partial charge in [0.2, 0.25) is 0 Å². The standard InChI is InChI=1S/C8H15N.C3H6O2/c1-2-4-8-7(3-1)5-6-9-8;1-2-5-3-4/h7-9H,1-6H2;3H,2H2,1H3/t7-,8+;/m0./s1. The Hall–Kier alpha value is -0.570. The number of carbonyl (C=O) groups is 1. The predicted molar refractivity (Wildman–Crippen MR) is 56.1 cm³/mol. The number of hydrogen-bond acceptors (Lipinski definition) is 3. The van der Waals surface area contributed by atoms with E-state index in [4.69, 9.17) is 0 Å². The second kappa shape index (κ2) is 6.82. The lowest BCUT2D eigenvalue weighted by molar-refractivity contribution is -0.128. The van der Waals surface area contributed by atoms with Gasteiger partial charge < -0.3 is 10.1 Å². The van der Waals surface area contributed by atoms with Gasteiger partial charge in [0.25, 0.3) is 6.47 Å². The molecule has 1 aliphatic carbocycles. The van der Waals surface area contributed by atoms with Crippen molar-refractivity contribution in [3.63, 3.8) is 0 Å². The molecule has 3 nitrogen and oxygen atoms in total. The third-order valence-corrected chi connectivity index (χ3v) is 3.07. The first kappa shape index (κ1) is 11.5. The van der Waals surface area contributed by atoms with Crippen molar-refractivity contribution < 1.29 is 9.53 Å². The SMILES string of the molecule is C1CC[C@H]2NCC[C@@H]2C1.CCOC=O. The average Bonchev–Trinajstić information content (AvgIpc) is 2.67. The van der Waals surface area contributed by atoms with Crippen LogP contribution in [-0.4, -0.2) is 25.7 Å². The van der Waals surface area contributed by atoms with Crippen molar-refractivity contribution in [2.75, 3.05) is 13.2 Å². The van der Waals surface area contributed by atoms with Gasteiger partial charge in [0.05, 0.1) is 6.61 Å². The molecule has 1 saturated heterocycles. The smallest absolute Gasteiger partial charge is 0.293 e. The lowest BCUT2D eigenvalue weighted by Crippen LogP contribution is -2.29. The first-order valence-electron chi connectivity index (χ1n) is 5.67. The van der Waals surface area contributed by atoms with Crippen LogP contribution in [0.3, 0.4) is 0 Å². The molecular weight excluding hydrogens is 178 g/mol. The summed E-state index contributed by atoms with van der Waals surface area (Å²) in [4.78, 5) is 9.18. The van der Waals surface area contributed by atoms with Crippen LogP contribution in [0.5, 0.6) is 0 Å². The van der Waals surface area contributed by atoms with E-state index in [2.05, 4.69) is 10.1 Å². The van der Waals surface area contributed by atoms with Crippen LogP contribution in [0.2, 0.25) is 0 Å². The van der Waals surface area contributed by atoms with Crippen molar-refractivity contribution in [3.8, 4) is 0 Å². The summed E-state index contributed by atoms with van der Waals surface area (Å²) in [6, 6.07) is 0.916. The molecular formula is C11H21NO2. The molecule has 1 aliphatic heterocycles. The fourth-order valence-corrected chi connectivity index (χ4v) is 2.34. The lowest BCUT2D eigenvalue weighted by Gasteiger charge is -2.24. The normalized spacial score (nSPS) is 29.8. The molecule has 82 valence electrons. The highest BCUT2D eigenvalue weighted by atomic mass is 16.5. The summed E-state index contributed by atoms with van der Waals surface area (Å²) in [6.07, 6.45) is 7.35. The maximum absolute atomic E-state index is 9.18. The zero-order chi connectivity index (χ0) is 10.2. The van der Waals surface area contributed by atoms with Crippen LogP contribution in [0.25, 0.3) is 0 Å². The minimum Gasteiger partial charge on any atom is -0.468 e. The molecule has 0 spiro atoms. The second-order valence-corrected chi connectivity index (χ2v) is 3.95. The number of fused-ring (bicyclic) bond motifs is 1. The zero-order valence-corrected chi connectivity index (χ0v) is 9.00. The molecule has 0 aromatic carbocycles. The Kier molecular flexibility index (Phi) is 5.60. The van der Waals surface area contributed by atoms with Gasteiger partial charge >= 0.3 is 0 Å². The predicted octanol–water partition coefficient (Wildman–Crippen LogP) is 1.72. The molecule has 0 aromatic rings. The van der Waals surface area contributed by atoms with Gasteiger partial charge in [-0.05, 0) is 38.6 Å². The largest absolute Gasteiger partial charge is 0.468 e. The van der Waals surface area contributed by atoms with Gasteiger partial charge in [-0.15, -0.1) is 0 Å². The Bertz CT molecular complexity index is 149. The molecule has 0 unspecified atom stereocenters. The van der Waals surface area contributed by atoms with Crippen molar-refractivity contribution in [1.29, 1.82) is 0 Å². The minimum atomic E-state index is 0.431. The van der Waals surface area contributed by atoms with E-state index in [0.29, 0.717) is 13.1 Å². The molecule has 2 rings (SSSR count). The third kappa shape index (κ3) is 3.66. The third-order valence-electron chi connectivity index (χ3n) is 3.07. The maximum atomic E-state index is 9.18. The molecule has 2 fully saturated rings. The molecule has 0 amide bonds. The lowest BCUT2D eigenvalue weighted by atomic mass is 9.86. The van der Waals surface area contributed by atoms with Crippen LogP contribution in [0, 0.1) is 5.92 Å². The first-order valence-corrected chi connectivity index (χ1v) is 5.67. The van der Waals surface area contributed by atoms with Crippen molar-refractivity contribution in [3.05, 3.63) is 0 Å². The van der Waals surface area contributed by atoms with Gasteiger partial charge in [-0.25, -0.2) is 0 Å². The highest BCUT2D eigenvalue weighted by Crippen LogP contribution is 2.29. The van der Waals surface area contributed by atoms with Crippen molar-refractivity contribution >= 4 is 6.47 Å². The van der Waals surface area contributed by atoms with Crippen LogP contribution in [0.1, 0.15) is 39.0 Å². The van der Waals surface area contributed by atoms with Crippen molar-refractivity contribution in [2.24, 2.45) is 5.92 Å². The Morgan fingerprint density at radius 2 is 2.14 bits per heavy atom. The molecule has 0 bridgehead atoms. The number of carbonyl (C=O) groups excluding carboxylic acids is 1. The van der Waals surface area contributed by atoms with Gasteiger partial charge in [0, 0.05) is 6.04 Å². The van der Waals surface area contributed by atoms with Crippen molar-refractivity contribution in [1.82, 2.24) is 5.32 Å².